The summed E-state index contributed by atoms with van der Waals surface area (Å²) in [4.78, 5) is 40.8. The number of hydrogen-bond donors (Lipinski definition) is 3. The number of aromatic amines is 1. The molecule has 31 heavy (non-hydrogen) atoms. The molecule has 170 valence electrons. The molecule has 0 radical (unpaired) electrons. The molecule has 11 heteroatoms. The largest absolute Gasteiger partial charge is 0.444 e. The molecule has 1 saturated heterocycles. The van der Waals surface area contributed by atoms with Gasteiger partial charge in [0.15, 0.2) is 0 Å². The minimum atomic E-state index is -0.401. The summed E-state index contributed by atoms with van der Waals surface area (Å²) < 4.78 is 10.6. The lowest BCUT2D eigenvalue weighted by molar-refractivity contribution is -0.123. The van der Waals surface area contributed by atoms with Crippen LogP contribution in [0.2, 0.25) is 0 Å². The molecule has 3 heterocycles. The molecule has 0 aromatic carbocycles. The predicted molar refractivity (Wildman–Crippen MR) is 115 cm³/mol. The first-order chi connectivity index (χ1) is 14.9. The number of aromatic nitrogens is 2. The van der Waals surface area contributed by atoms with E-state index in [0.717, 1.165) is 6.42 Å². The molecule has 0 unspecified atom stereocenters. The Kier molecular flexibility index (Phi) is 7.77. The Labute approximate surface area is 180 Å². The van der Waals surface area contributed by atoms with Crippen LogP contribution in [0.3, 0.4) is 0 Å². The van der Waals surface area contributed by atoms with Gasteiger partial charge in [0.05, 0.1) is 24.2 Å². The number of rotatable bonds is 9. The van der Waals surface area contributed by atoms with Crippen LogP contribution in [-0.4, -0.2) is 91.3 Å². The molecule has 2 aromatic heterocycles. The van der Waals surface area contributed by atoms with Gasteiger partial charge < -0.3 is 14.5 Å². The second kappa shape index (κ2) is 10.5. The Morgan fingerprint density at radius 1 is 1.10 bits per heavy atom. The number of piperazine rings is 1. The van der Waals surface area contributed by atoms with Crippen LogP contribution in [-0.2, 0) is 14.3 Å². The molecule has 2 aromatic rings. The first-order valence-electron chi connectivity index (χ1n) is 10.4. The highest BCUT2D eigenvalue weighted by atomic mass is 16.5. The van der Waals surface area contributed by atoms with Gasteiger partial charge in [0.25, 0.3) is 5.56 Å². The standard InChI is InChI=1S/C20H30N6O5/c1-13-17-14(2)31-20(18(17)19(29)24-23-13)22-16(28)12-26-8-6-25(7-9-26)11-15(27)21-5-4-10-30-3/h4-12H2,1-3H3,(H,21,27)(H,22,28)(H,24,29). The van der Waals surface area contributed by atoms with Crippen LogP contribution < -0.4 is 16.2 Å². The zero-order valence-corrected chi connectivity index (χ0v) is 18.2. The highest BCUT2D eigenvalue weighted by molar-refractivity contribution is 6.01. The normalized spacial score (nSPS) is 15.3. The zero-order chi connectivity index (χ0) is 22.4. The number of fused-ring (bicyclic) bond motifs is 1. The summed E-state index contributed by atoms with van der Waals surface area (Å²) in [5.41, 5.74) is 0.233. The summed E-state index contributed by atoms with van der Waals surface area (Å²) in [6.45, 7) is 8.01. The van der Waals surface area contributed by atoms with Gasteiger partial charge in [-0.25, -0.2) is 5.10 Å². The molecular formula is C20H30N6O5. The van der Waals surface area contributed by atoms with Crippen LogP contribution >= 0.6 is 0 Å². The van der Waals surface area contributed by atoms with Gasteiger partial charge in [-0.15, -0.1) is 0 Å². The maximum atomic E-state index is 12.5. The van der Waals surface area contributed by atoms with Gasteiger partial charge in [0.2, 0.25) is 17.7 Å². The van der Waals surface area contributed by atoms with Crippen molar-refractivity contribution in [3.8, 4) is 0 Å². The number of anilines is 1. The number of methoxy groups -OCH3 is 1. The molecule has 11 nitrogen and oxygen atoms in total. The first-order valence-corrected chi connectivity index (χ1v) is 10.4. The topological polar surface area (TPSA) is 133 Å². The lowest BCUT2D eigenvalue weighted by Gasteiger charge is -2.33. The summed E-state index contributed by atoms with van der Waals surface area (Å²) in [7, 11) is 1.64. The minimum Gasteiger partial charge on any atom is -0.444 e. The van der Waals surface area contributed by atoms with E-state index in [0.29, 0.717) is 68.1 Å². The maximum absolute atomic E-state index is 12.5. The van der Waals surface area contributed by atoms with E-state index in [9.17, 15) is 14.4 Å². The van der Waals surface area contributed by atoms with E-state index < -0.39 is 5.56 Å². The Morgan fingerprint density at radius 3 is 2.39 bits per heavy atom. The lowest BCUT2D eigenvalue weighted by atomic mass is 10.2. The Hall–Kier alpha value is -2.76. The smallest absolute Gasteiger partial charge is 0.277 e. The number of ether oxygens (including phenoxy) is 1. The van der Waals surface area contributed by atoms with Gasteiger partial charge in [-0.05, 0) is 20.3 Å². The molecule has 2 amide bonds. The van der Waals surface area contributed by atoms with Crippen molar-refractivity contribution in [2.75, 3.05) is 64.8 Å². The van der Waals surface area contributed by atoms with Crippen molar-refractivity contribution >= 4 is 28.5 Å². The van der Waals surface area contributed by atoms with Crippen molar-refractivity contribution in [3.63, 3.8) is 0 Å². The van der Waals surface area contributed by atoms with Gasteiger partial charge in [-0.3, -0.25) is 29.5 Å². The van der Waals surface area contributed by atoms with Crippen LogP contribution in [0, 0.1) is 13.8 Å². The van der Waals surface area contributed by atoms with Gasteiger partial charge in [0.1, 0.15) is 11.1 Å². The SMILES string of the molecule is COCCCNC(=O)CN1CCN(CC(=O)Nc2oc(C)c3c(C)n[nH]c(=O)c23)CC1. The van der Waals surface area contributed by atoms with Crippen LogP contribution in [0.15, 0.2) is 9.21 Å². The Bertz CT molecular complexity index is 976. The number of hydrogen-bond acceptors (Lipinski definition) is 8. The molecule has 3 N–H and O–H groups in total. The van der Waals surface area contributed by atoms with Crippen LogP contribution in [0.4, 0.5) is 5.88 Å². The van der Waals surface area contributed by atoms with Crippen molar-refractivity contribution in [1.29, 1.82) is 0 Å². The van der Waals surface area contributed by atoms with E-state index in [2.05, 4.69) is 25.7 Å². The second-order valence-corrected chi connectivity index (χ2v) is 7.67. The zero-order valence-electron chi connectivity index (χ0n) is 18.2. The number of H-pyrrole nitrogens is 1. The number of furan rings is 1. The lowest BCUT2D eigenvalue weighted by Crippen LogP contribution is -2.51. The second-order valence-electron chi connectivity index (χ2n) is 7.67. The van der Waals surface area contributed by atoms with Crippen LogP contribution in [0.5, 0.6) is 0 Å². The summed E-state index contributed by atoms with van der Waals surface area (Å²) in [6, 6.07) is 0. The quantitative estimate of drug-likeness (QED) is 0.464. The molecule has 1 fully saturated rings. The molecule has 3 rings (SSSR count). The van der Waals surface area contributed by atoms with Crippen molar-refractivity contribution in [3.05, 3.63) is 21.8 Å². The first kappa shape index (κ1) is 22.9. The number of carbonyl (C=O) groups is 2. The average molecular weight is 434 g/mol. The van der Waals surface area contributed by atoms with E-state index in [1.54, 1.807) is 21.0 Å². The fraction of sp³-hybridized carbons (Fsp3) is 0.600. The molecule has 1 aliphatic heterocycles. The highest BCUT2D eigenvalue weighted by Gasteiger charge is 2.23. The van der Waals surface area contributed by atoms with Crippen LogP contribution in [0.1, 0.15) is 17.9 Å². The fourth-order valence-electron chi connectivity index (χ4n) is 3.71. The van der Waals surface area contributed by atoms with Crippen LogP contribution in [0.25, 0.3) is 10.8 Å². The monoisotopic (exact) mass is 434 g/mol. The van der Waals surface area contributed by atoms with E-state index in [4.69, 9.17) is 9.15 Å². The van der Waals surface area contributed by atoms with Crippen molar-refractivity contribution in [1.82, 2.24) is 25.3 Å². The summed E-state index contributed by atoms with van der Waals surface area (Å²) in [5, 5.41) is 12.9. The van der Waals surface area contributed by atoms with Crippen molar-refractivity contribution in [2.24, 2.45) is 0 Å². The number of nitrogens with one attached hydrogen (secondary N) is 3. The van der Waals surface area contributed by atoms with E-state index >= 15 is 0 Å². The number of amides is 2. The van der Waals surface area contributed by atoms with E-state index in [-0.39, 0.29) is 24.2 Å². The van der Waals surface area contributed by atoms with Crippen molar-refractivity contribution < 1.29 is 18.7 Å². The highest BCUT2D eigenvalue weighted by Crippen LogP contribution is 2.28. The molecule has 0 aliphatic carbocycles. The summed E-state index contributed by atoms with van der Waals surface area (Å²) in [5.74, 6) is 0.426. The Morgan fingerprint density at radius 2 is 1.74 bits per heavy atom. The molecule has 0 atom stereocenters. The predicted octanol–water partition coefficient (Wildman–Crippen LogP) is -0.158. The van der Waals surface area contributed by atoms with Gasteiger partial charge in [-0.1, -0.05) is 0 Å². The summed E-state index contributed by atoms with van der Waals surface area (Å²) in [6.07, 6.45) is 0.789. The third-order valence-electron chi connectivity index (χ3n) is 5.30. The maximum Gasteiger partial charge on any atom is 0.277 e. The molecular weight excluding hydrogens is 404 g/mol. The van der Waals surface area contributed by atoms with E-state index in [1.807, 2.05) is 4.90 Å². The Balaban J connectivity index is 1.47. The van der Waals surface area contributed by atoms with E-state index in [1.165, 1.54) is 0 Å². The van der Waals surface area contributed by atoms with Gasteiger partial charge >= 0.3 is 0 Å². The molecule has 0 spiro atoms. The third-order valence-corrected chi connectivity index (χ3v) is 5.30. The fourth-order valence-corrected chi connectivity index (χ4v) is 3.71. The number of aryl methyl sites for hydroxylation is 2. The van der Waals surface area contributed by atoms with Gasteiger partial charge in [-0.2, -0.15) is 5.10 Å². The molecule has 1 aliphatic rings. The number of carbonyl (C=O) groups excluding carboxylic acids is 2. The van der Waals surface area contributed by atoms with Gasteiger partial charge in [0, 0.05) is 46.4 Å². The minimum absolute atomic E-state index is 0.00244. The average Bonchev–Trinajstić information content (AvgIpc) is 3.06. The number of nitrogens with zero attached hydrogens (tertiary/aromatic N) is 3. The summed E-state index contributed by atoms with van der Waals surface area (Å²) >= 11 is 0. The molecule has 0 saturated carbocycles. The molecule has 0 bridgehead atoms. The third kappa shape index (κ3) is 5.90. The van der Waals surface area contributed by atoms with Crippen molar-refractivity contribution in [2.45, 2.75) is 20.3 Å².